The van der Waals surface area contributed by atoms with Crippen molar-refractivity contribution in [2.45, 2.75) is 70.6 Å². The summed E-state index contributed by atoms with van der Waals surface area (Å²) in [6, 6.07) is 6.71. The Bertz CT molecular complexity index is 1160. The van der Waals surface area contributed by atoms with Crippen LogP contribution in [0.3, 0.4) is 0 Å². The molecule has 0 aliphatic heterocycles. The van der Waals surface area contributed by atoms with Gasteiger partial charge in [0.1, 0.15) is 8.07 Å². The Balaban J connectivity index is 2.88. The van der Waals surface area contributed by atoms with Gasteiger partial charge in [0, 0.05) is 10.9 Å². The monoisotopic (exact) mass is 504 g/mol. The highest BCUT2D eigenvalue weighted by Crippen LogP contribution is 2.43. The van der Waals surface area contributed by atoms with Crippen molar-refractivity contribution in [3.05, 3.63) is 40.4 Å². The molecule has 0 N–H and O–H groups in total. The zero-order valence-corrected chi connectivity index (χ0v) is 21.8. The van der Waals surface area contributed by atoms with E-state index in [1.807, 2.05) is 0 Å². The molecule has 0 heterocycles. The van der Waals surface area contributed by atoms with Crippen LogP contribution in [-0.2, 0) is 10.1 Å². The minimum atomic E-state index is -5.91. The molecule has 0 unspecified atom stereocenters. The Morgan fingerprint density at radius 1 is 1.03 bits per heavy atom. The molecule has 0 radical (unpaired) electrons. The van der Waals surface area contributed by atoms with Gasteiger partial charge in [0.15, 0.2) is 5.75 Å². The lowest BCUT2D eigenvalue weighted by Gasteiger charge is -2.38. The Kier molecular flexibility index (Phi) is 7.70. The maximum Gasteiger partial charge on any atom is 0.534 e. The predicted octanol–water partition coefficient (Wildman–Crippen LogP) is 7.60. The normalized spacial score (nSPS) is 13.1. The van der Waals surface area contributed by atoms with E-state index in [2.05, 4.69) is 57.2 Å². The summed E-state index contributed by atoms with van der Waals surface area (Å²) >= 11 is 6.25. The van der Waals surface area contributed by atoms with Crippen LogP contribution in [0.1, 0.15) is 52.7 Å². The average Bonchev–Trinajstić information content (AvgIpc) is 2.63. The molecule has 176 valence electrons. The first-order valence-electron chi connectivity index (χ1n) is 10.3. The highest BCUT2D eigenvalue weighted by atomic mass is 35.5. The van der Waals surface area contributed by atoms with Gasteiger partial charge in [-0.25, -0.2) is 0 Å². The molecule has 0 aromatic heterocycles. The summed E-state index contributed by atoms with van der Waals surface area (Å²) in [6.07, 6.45) is 0. The number of alkyl halides is 3. The number of benzene rings is 2. The zero-order valence-electron chi connectivity index (χ0n) is 19.2. The molecule has 0 aliphatic carbocycles. The lowest BCUT2D eigenvalue weighted by Crippen LogP contribution is -2.43. The maximum absolute atomic E-state index is 13.0. The van der Waals surface area contributed by atoms with Crippen LogP contribution >= 0.6 is 11.6 Å². The Morgan fingerprint density at radius 3 is 2.03 bits per heavy atom. The predicted molar refractivity (Wildman–Crippen MR) is 127 cm³/mol. The van der Waals surface area contributed by atoms with Gasteiger partial charge in [0.25, 0.3) is 0 Å². The summed E-state index contributed by atoms with van der Waals surface area (Å²) in [5.74, 6) is 2.63. The molecule has 2 aromatic carbocycles. The molecule has 0 saturated carbocycles. The zero-order chi connectivity index (χ0) is 24.6. The maximum atomic E-state index is 13.0. The lowest BCUT2D eigenvalue weighted by atomic mass is 10.0. The van der Waals surface area contributed by atoms with Crippen LogP contribution < -0.4 is 4.18 Å². The fourth-order valence-corrected chi connectivity index (χ4v) is 10.4. The second kappa shape index (κ2) is 9.28. The third-order valence-electron chi connectivity index (χ3n) is 6.00. The van der Waals surface area contributed by atoms with Gasteiger partial charge >= 0.3 is 15.6 Å². The van der Waals surface area contributed by atoms with Crippen LogP contribution in [-0.4, -0.2) is 22.0 Å². The van der Waals surface area contributed by atoms with E-state index in [1.165, 1.54) is 0 Å². The molecule has 2 aromatic rings. The van der Waals surface area contributed by atoms with Crippen molar-refractivity contribution in [2.24, 2.45) is 0 Å². The number of fused-ring (bicyclic) bond motifs is 1. The Labute approximate surface area is 194 Å². The highest BCUT2D eigenvalue weighted by molar-refractivity contribution is 7.88. The fraction of sp³-hybridized carbons (Fsp3) is 0.478. The molecule has 0 atom stereocenters. The number of rotatable bonds is 5. The molecule has 3 nitrogen and oxygen atoms in total. The van der Waals surface area contributed by atoms with Gasteiger partial charge in [-0.3, -0.25) is 0 Å². The molecular weight excluding hydrogens is 477 g/mol. The van der Waals surface area contributed by atoms with Crippen molar-refractivity contribution in [1.82, 2.24) is 0 Å². The molecular formula is C23H28ClF3O3SSi. The summed E-state index contributed by atoms with van der Waals surface area (Å²) < 4.78 is 67.3. The SMILES string of the molecule is Cc1cc2cccc(C#C[Si](C(C)C)(C(C)C)C(C)C)c2c(OS(=O)(=O)C(F)(F)F)c1Cl. The Hall–Kier alpha value is -1.69. The van der Waals surface area contributed by atoms with Gasteiger partial charge in [0.05, 0.1) is 5.02 Å². The molecule has 0 fully saturated rings. The van der Waals surface area contributed by atoms with E-state index in [-0.39, 0.29) is 10.4 Å². The third kappa shape index (κ3) is 4.80. The third-order valence-corrected chi connectivity index (χ3v) is 13.7. The topological polar surface area (TPSA) is 43.4 Å². The van der Waals surface area contributed by atoms with Crippen LogP contribution in [0.5, 0.6) is 5.75 Å². The van der Waals surface area contributed by atoms with E-state index >= 15 is 0 Å². The van der Waals surface area contributed by atoms with Crippen LogP contribution in [0.15, 0.2) is 24.3 Å². The number of halogens is 4. The first-order valence-corrected chi connectivity index (χ1v) is 14.3. The molecule has 0 spiro atoms. The summed E-state index contributed by atoms with van der Waals surface area (Å²) in [5.41, 5.74) is -0.255. The van der Waals surface area contributed by atoms with Crippen LogP contribution in [0.25, 0.3) is 10.8 Å². The fourth-order valence-electron chi connectivity index (χ4n) is 4.48. The van der Waals surface area contributed by atoms with Gasteiger partial charge in [-0.15, -0.1) is 5.54 Å². The Morgan fingerprint density at radius 2 is 1.56 bits per heavy atom. The highest BCUT2D eigenvalue weighted by Gasteiger charge is 2.49. The van der Waals surface area contributed by atoms with Gasteiger partial charge < -0.3 is 4.18 Å². The van der Waals surface area contributed by atoms with E-state index in [4.69, 9.17) is 11.6 Å². The summed E-state index contributed by atoms with van der Waals surface area (Å²) in [6.45, 7) is 14.5. The van der Waals surface area contributed by atoms with E-state index in [0.29, 0.717) is 33.1 Å². The van der Waals surface area contributed by atoms with E-state index in [1.54, 1.807) is 31.2 Å². The summed E-state index contributed by atoms with van der Waals surface area (Å²) in [4.78, 5) is 0. The number of aryl methyl sites for hydroxylation is 1. The van der Waals surface area contributed by atoms with Crippen molar-refractivity contribution in [2.75, 3.05) is 0 Å². The van der Waals surface area contributed by atoms with Crippen molar-refractivity contribution in [3.8, 4) is 17.2 Å². The summed E-state index contributed by atoms with van der Waals surface area (Å²) in [7, 11) is -8.06. The van der Waals surface area contributed by atoms with Crippen LogP contribution in [0, 0.1) is 18.4 Å². The molecule has 9 heteroatoms. The first-order chi connectivity index (χ1) is 14.6. The molecule has 0 amide bonds. The first kappa shape index (κ1) is 26.6. The van der Waals surface area contributed by atoms with Crippen molar-refractivity contribution < 1.29 is 25.8 Å². The molecule has 2 rings (SSSR count). The summed E-state index contributed by atoms with van der Waals surface area (Å²) in [5, 5.41) is 0.458. The molecule has 0 aliphatic rings. The second-order valence-electron chi connectivity index (χ2n) is 8.87. The van der Waals surface area contributed by atoms with E-state index in [9.17, 15) is 21.6 Å². The minimum Gasteiger partial charge on any atom is -0.374 e. The molecule has 0 bridgehead atoms. The second-order valence-corrected chi connectivity index (χ2v) is 16.4. The van der Waals surface area contributed by atoms with Crippen molar-refractivity contribution in [3.63, 3.8) is 0 Å². The molecule has 0 saturated heterocycles. The van der Waals surface area contributed by atoms with Crippen molar-refractivity contribution in [1.29, 1.82) is 0 Å². The smallest absolute Gasteiger partial charge is 0.374 e. The van der Waals surface area contributed by atoms with Gasteiger partial charge in [-0.1, -0.05) is 71.2 Å². The van der Waals surface area contributed by atoms with Gasteiger partial charge in [-0.2, -0.15) is 21.6 Å². The van der Waals surface area contributed by atoms with E-state index in [0.717, 1.165) is 0 Å². The minimum absolute atomic E-state index is 0.155. The van der Waals surface area contributed by atoms with Gasteiger partial charge in [0.2, 0.25) is 0 Å². The average molecular weight is 505 g/mol. The number of hydrogen-bond donors (Lipinski definition) is 0. The van der Waals surface area contributed by atoms with Crippen molar-refractivity contribution >= 4 is 40.6 Å². The quantitative estimate of drug-likeness (QED) is 0.182. The van der Waals surface area contributed by atoms with Gasteiger partial charge in [-0.05, 0) is 46.6 Å². The molecule has 32 heavy (non-hydrogen) atoms. The standard InChI is InChI=1S/C23H28ClF3O3SSi/c1-14(2)32(15(3)4,16(5)6)12-11-18-9-8-10-19-13-17(7)21(24)22(20(18)19)30-31(28,29)23(25,26)27/h8-10,13-16H,1-7H3. The van der Waals surface area contributed by atoms with E-state index < -0.39 is 29.4 Å². The van der Waals surface area contributed by atoms with Crippen LogP contribution in [0.4, 0.5) is 13.2 Å². The van der Waals surface area contributed by atoms with Crippen LogP contribution in [0.2, 0.25) is 21.6 Å². The number of hydrogen-bond acceptors (Lipinski definition) is 3. The largest absolute Gasteiger partial charge is 0.534 e. The lowest BCUT2D eigenvalue weighted by molar-refractivity contribution is -0.0499.